The summed E-state index contributed by atoms with van der Waals surface area (Å²) < 4.78 is 27.2. The molecule has 3 heterocycles. The fourth-order valence-corrected chi connectivity index (χ4v) is 4.35. The molecule has 0 saturated heterocycles. The number of nitrogens with one attached hydrogen (secondary N) is 1. The zero-order valence-corrected chi connectivity index (χ0v) is 21.0. The highest BCUT2D eigenvalue weighted by Crippen LogP contribution is 2.32. The second-order valence-corrected chi connectivity index (χ2v) is 8.88. The Morgan fingerprint density at radius 2 is 2.11 bits per heavy atom. The number of carbonyl (C=O) groups is 1. The van der Waals surface area contributed by atoms with E-state index in [4.69, 9.17) is 20.8 Å². The number of benzene rings is 2. The first-order valence-corrected chi connectivity index (χ1v) is 11.8. The first-order valence-electron chi connectivity index (χ1n) is 11.4. The van der Waals surface area contributed by atoms with Gasteiger partial charge in [-0.05, 0) is 50.6 Å². The lowest BCUT2D eigenvalue weighted by molar-refractivity contribution is 0.0911. The van der Waals surface area contributed by atoms with Crippen molar-refractivity contribution in [3.05, 3.63) is 94.6 Å². The molecule has 0 aliphatic heterocycles. The normalized spacial score (nSPS) is 12.0. The first-order chi connectivity index (χ1) is 17.8. The maximum atomic E-state index is 14.3. The lowest BCUT2D eigenvalue weighted by Gasteiger charge is -2.20. The number of para-hydroxylation sites is 1. The molecule has 0 bridgehead atoms. The van der Waals surface area contributed by atoms with Gasteiger partial charge < -0.3 is 14.5 Å². The minimum absolute atomic E-state index is 0.0173. The molecule has 1 atom stereocenters. The number of fused-ring (bicyclic) bond motifs is 1. The number of ether oxygens (including phenoxy) is 1. The number of halogens is 2. The Bertz CT molecular complexity index is 1600. The van der Waals surface area contributed by atoms with Gasteiger partial charge in [0.2, 0.25) is 5.76 Å². The van der Waals surface area contributed by atoms with Crippen LogP contribution in [-0.2, 0) is 6.61 Å². The van der Waals surface area contributed by atoms with Crippen LogP contribution in [0.1, 0.15) is 46.2 Å². The number of aryl methyl sites for hydroxylation is 2. The smallest absolute Gasteiger partial charge is 0.289 e. The molecule has 1 amide bonds. The van der Waals surface area contributed by atoms with Crippen molar-refractivity contribution in [2.45, 2.75) is 33.4 Å². The van der Waals surface area contributed by atoms with E-state index in [9.17, 15) is 9.18 Å². The van der Waals surface area contributed by atoms with Crippen LogP contribution in [0, 0.1) is 19.7 Å². The summed E-state index contributed by atoms with van der Waals surface area (Å²) in [5.41, 5.74) is 3.23. The molecule has 0 saturated carbocycles. The number of aromatic nitrogens is 5. The van der Waals surface area contributed by atoms with Crippen LogP contribution >= 0.6 is 11.6 Å². The van der Waals surface area contributed by atoms with Crippen LogP contribution in [-0.4, -0.2) is 30.6 Å². The molecule has 0 aliphatic carbocycles. The number of rotatable bonds is 7. The molecular weight excluding hydrogens is 499 g/mol. The molecule has 0 aliphatic rings. The van der Waals surface area contributed by atoms with Crippen LogP contribution in [0.3, 0.4) is 0 Å². The molecule has 37 heavy (non-hydrogen) atoms. The lowest BCUT2D eigenvalue weighted by Crippen LogP contribution is -2.27. The van der Waals surface area contributed by atoms with Crippen molar-refractivity contribution in [2.75, 3.05) is 0 Å². The fourth-order valence-electron chi connectivity index (χ4n) is 4.08. The third-order valence-corrected chi connectivity index (χ3v) is 6.14. The van der Waals surface area contributed by atoms with Crippen molar-refractivity contribution in [1.82, 2.24) is 30.0 Å². The van der Waals surface area contributed by atoms with Crippen molar-refractivity contribution in [3.8, 4) is 11.4 Å². The van der Waals surface area contributed by atoms with E-state index in [1.54, 1.807) is 24.0 Å². The number of hydrogen-bond acceptors (Lipinski definition) is 7. The summed E-state index contributed by atoms with van der Waals surface area (Å²) >= 11 is 6.44. The van der Waals surface area contributed by atoms with E-state index in [2.05, 4.69) is 25.4 Å². The van der Waals surface area contributed by atoms with E-state index >= 15 is 0 Å². The van der Waals surface area contributed by atoms with E-state index < -0.39 is 17.8 Å². The molecule has 9 nitrogen and oxygen atoms in total. The van der Waals surface area contributed by atoms with Crippen molar-refractivity contribution in [1.29, 1.82) is 0 Å². The second-order valence-electron chi connectivity index (χ2n) is 8.48. The minimum atomic E-state index is -0.598. The summed E-state index contributed by atoms with van der Waals surface area (Å²) in [7, 11) is 0. The average Bonchev–Trinajstić information content (AvgIpc) is 3.55. The monoisotopic (exact) mass is 520 g/mol. The second kappa shape index (κ2) is 9.98. The summed E-state index contributed by atoms with van der Waals surface area (Å²) in [5, 5.41) is 8.21. The highest BCUT2D eigenvalue weighted by molar-refractivity contribution is 6.31. The number of nitrogens with zero attached hydrogens (tertiary/aromatic N) is 5. The SMILES string of the molecule is Cc1cc(-n2cnc(C)n2)c2cccc(OCc3c(Cl)cc(F)cc3[C@H](C)NC(=O)c3cnco3)c2n1. The molecule has 11 heteroatoms. The molecule has 3 aromatic heterocycles. The quantitative estimate of drug-likeness (QED) is 0.311. The summed E-state index contributed by atoms with van der Waals surface area (Å²) in [5.74, 6) is 0.200. The summed E-state index contributed by atoms with van der Waals surface area (Å²) in [6.07, 6.45) is 4.11. The molecule has 0 unspecified atom stereocenters. The van der Waals surface area contributed by atoms with Crippen molar-refractivity contribution in [2.24, 2.45) is 0 Å². The predicted molar refractivity (Wildman–Crippen MR) is 134 cm³/mol. The number of pyridine rings is 1. The number of amides is 1. The van der Waals surface area contributed by atoms with E-state index in [1.807, 2.05) is 32.0 Å². The van der Waals surface area contributed by atoms with Gasteiger partial charge in [0.1, 0.15) is 35.8 Å². The van der Waals surface area contributed by atoms with Crippen molar-refractivity contribution < 1.29 is 18.3 Å². The molecule has 5 aromatic rings. The van der Waals surface area contributed by atoms with Gasteiger partial charge in [-0.25, -0.2) is 24.0 Å². The van der Waals surface area contributed by atoms with Crippen molar-refractivity contribution in [3.63, 3.8) is 0 Å². The Balaban J connectivity index is 1.47. The standard InChI is InChI=1S/C26H22ClFN6O3/c1-14-7-22(34-12-30-16(3)33-34)18-5-4-6-23(25(18)31-14)36-11-20-19(8-17(28)9-21(20)27)15(2)32-26(35)24-10-29-13-37-24/h4-10,12-13,15H,11H2,1-3H3,(H,32,35)/t15-/m0/s1. The Morgan fingerprint density at radius 3 is 2.84 bits per heavy atom. The molecular formula is C26H22ClFN6O3. The third kappa shape index (κ3) is 5.01. The van der Waals surface area contributed by atoms with Crippen LogP contribution in [0.4, 0.5) is 4.39 Å². The number of carbonyl (C=O) groups excluding carboxylic acids is 1. The van der Waals surface area contributed by atoms with Gasteiger partial charge in [-0.1, -0.05) is 23.7 Å². The minimum Gasteiger partial charge on any atom is -0.487 e. The van der Waals surface area contributed by atoms with E-state index in [1.165, 1.54) is 18.3 Å². The van der Waals surface area contributed by atoms with Gasteiger partial charge in [0, 0.05) is 16.6 Å². The van der Waals surface area contributed by atoms with E-state index in [0.29, 0.717) is 28.2 Å². The van der Waals surface area contributed by atoms with Crippen LogP contribution in [0.2, 0.25) is 5.02 Å². The molecule has 0 fully saturated rings. The van der Waals surface area contributed by atoms with Gasteiger partial charge in [0.25, 0.3) is 5.91 Å². The fraction of sp³-hybridized carbons (Fsp3) is 0.192. The molecule has 0 radical (unpaired) electrons. The van der Waals surface area contributed by atoms with Crippen LogP contribution in [0.5, 0.6) is 5.75 Å². The van der Waals surface area contributed by atoms with Gasteiger partial charge in [0.05, 0.1) is 22.9 Å². The molecule has 2 aromatic carbocycles. The molecule has 0 spiro atoms. The Labute approximate surface area is 216 Å². The van der Waals surface area contributed by atoms with Crippen LogP contribution in [0.25, 0.3) is 16.6 Å². The molecule has 1 N–H and O–H groups in total. The average molecular weight is 521 g/mol. The van der Waals surface area contributed by atoms with Gasteiger partial charge >= 0.3 is 0 Å². The molecule has 5 rings (SSSR count). The maximum absolute atomic E-state index is 14.3. The van der Waals surface area contributed by atoms with Crippen LogP contribution < -0.4 is 10.1 Å². The zero-order valence-electron chi connectivity index (χ0n) is 20.2. The Hall–Kier alpha value is -4.31. The highest BCUT2D eigenvalue weighted by atomic mass is 35.5. The Kier molecular flexibility index (Phi) is 6.58. The van der Waals surface area contributed by atoms with E-state index in [-0.39, 0.29) is 17.4 Å². The van der Waals surface area contributed by atoms with E-state index in [0.717, 1.165) is 23.2 Å². The number of hydrogen-bond donors (Lipinski definition) is 1. The van der Waals surface area contributed by atoms with Gasteiger partial charge in [-0.15, -0.1) is 0 Å². The summed E-state index contributed by atoms with van der Waals surface area (Å²) in [6.45, 7) is 5.44. The van der Waals surface area contributed by atoms with Gasteiger partial charge in [-0.2, -0.15) is 5.10 Å². The maximum Gasteiger partial charge on any atom is 0.289 e. The van der Waals surface area contributed by atoms with Crippen LogP contribution in [0.15, 0.2) is 59.7 Å². The first kappa shape index (κ1) is 24.4. The van der Waals surface area contributed by atoms with Gasteiger partial charge in [0.15, 0.2) is 6.39 Å². The topological polar surface area (TPSA) is 108 Å². The number of oxazole rings is 1. The molecule has 188 valence electrons. The largest absolute Gasteiger partial charge is 0.487 e. The van der Waals surface area contributed by atoms with Crippen molar-refractivity contribution >= 4 is 28.4 Å². The third-order valence-electron chi connectivity index (χ3n) is 5.80. The Morgan fingerprint density at radius 1 is 1.27 bits per heavy atom. The zero-order chi connectivity index (χ0) is 26.1. The lowest BCUT2D eigenvalue weighted by atomic mass is 10.0. The van der Waals surface area contributed by atoms with Gasteiger partial charge in [-0.3, -0.25) is 4.79 Å². The summed E-state index contributed by atoms with van der Waals surface area (Å²) in [4.78, 5) is 25.1. The predicted octanol–water partition coefficient (Wildman–Crippen LogP) is 5.28. The highest BCUT2D eigenvalue weighted by Gasteiger charge is 2.21. The summed E-state index contributed by atoms with van der Waals surface area (Å²) in [6, 6.07) is 9.45.